The lowest BCUT2D eigenvalue weighted by Crippen LogP contribution is -2.45. The van der Waals surface area contributed by atoms with Crippen LogP contribution in [-0.2, 0) is 10.0 Å². The molecule has 0 spiro atoms. The molecular weight excluding hydrogens is 435 g/mol. The second-order valence-electron chi connectivity index (χ2n) is 6.83. The summed E-state index contributed by atoms with van der Waals surface area (Å²) in [6.45, 7) is -0.269. The molecule has 0 atom stereocenters. The number of aromatic nitrogens is 2. The Bertz CT molecular complexity index is 946. The smallest absolute Gasteiger partial charge is 0.324 e. The Labute approximate surface area is 157 Å². The van der Waals surface area contributed by atoms with Gasteiger partial charge in [-0.05, 0) is 43.9 Å². The SMILES string of the molecule is O=S(=O)(N1CCC(n2c(C3CC3)nc3ccc(Br)cc32)CC1)C(F)(F)F. The molecule has 1 aliphatic carbocycles. The third-order valence-electron chi connectivity index (χ3n) is 5.04. The van der Waals surface area contributed by atoms with Crippen LogP contribution in [0.4, 0.5) is 13.2 Å². The van der Waals surface area contributed by atoms with E-state index in [2.05, 4.69) is 20.5 Å². The van der Waals surface area contributed by atoms with Crippen molar-refractivity contribution in [2.24, 2.45) is 0 Å². The van der Waals surface area contributed by atoms with Crippen molar-refractivity contribution < 1.29 is 21.6 Å². The number of nitrogens with zero attached hydrogens (tertiary/aromatic N) is 3. The van der Waals surface area contributed by atoms with E-state index in [9.17, 15) is 21.6 Å². The van der Waals surface area contributed by atoms with Gasteiger partial charge in [0.1, 0.15) is 5.82 Å². The van der Waals surface area contributed by atoms with Gasteiger partial charge in [0.15, 0.2) is 0 Å². The van der Waals surface area contributed by atoms with Crippen molar-refractivity contribution in [2.75, 3.05) is 13.1 Å². The van der Waals surface area contributed by atoms with Crippen LogP contribution in [0.15, 0.2) is 22.7 Å². The highest BCUT2D eigenvalue weighted by Crippen LogP contribution is 2.43. The lowest BCUT2D eigenvalue weighted by molar-refractivity contribution is -0.0496. The predicted octanol–water partition coefficient (Wildman–Crippen LogP) is 4.16. The van der Waals surface area contributed by atoms with Gasteiger partial charge < -0.3 is 4.57 Å². The van der Waals surface area contributed by atoms with Crippen LogP contribution in [0.3, 0.4) is 0 Å². The maximum Gasteiger partial charge on any atom is 0.511 e. The summed E-state index contributed by atoms with van der Waals surface area (Å²) in [5.74, 6) is 1.35. The Hall–Kier alpha value is -1.13. The van der Waals surface area contributed by atoms with Crippen LogP contribution in [0, 0.1) is 0 Å². The van der Waals surface area contributed by atoms with Crippen LogP contribution in [0.5, 0.6) is 0 Å². The molecule has 1 saturated carbocycles. The molecule has 1 aromatic heterocycles. The van der Waals surface area contributed by atoms with Gasteiger partial charge in [-0.3, -0.25) is 0 Å². The van der Waals surface area contributed by atoms with Crippen molar-refractivity contribution in [1.82, 2.24) is 13.9 Å². The molecule has 10 heteroatoms. The highest BCUT2D eigenvalue weighted by molar-refractivity contribution is 9.10. The molecule has 1 aromatic carbocycles. The molecule has 0 unspecified atom stereocenters. The van der Waals surface area contributed by atoms with Gasteiger partial charge in [0.05, 0.1) is 11.0 Å². The first-order valence-electron chi connectivity index (χ1n) is 8.42. The Morgan fingerprint density at radius 3 is 2.35 bits per heavy atom. The Balaban J connectivity index is 1.64. The molecule has 142 valence electrons. The minimum Gasteiger partial charge on any atom is -0.324 e. The molecule has 2 aromatic rings. The lowest BCUT2D eigenvalue weighted by Gasteiger charge is -2.33. The minimum atomic E-state index is -5.25. The molecule has 4 rings (SSSR count). The first kappa shape index (κ1) is 18.2. The zero-order chi connectivity index (χ0) is 18.7. The normalized spacial score (nSPS) is 20.8. The summed E-state index contributed by atoms with van der Waals surface area (Å²) >= 11 is 3.46. The Morgan fingerprint density at radius 1 is 1.12 bits per heavy atom. The number of rotatable bonds is 3. The number of hydrogen-bond acceptors (Lipinski definition) is 3. The van der Waals surface area contributed by atoms with E-state index in [1.807, 2.05) is 18.2 Å². The van der Waals surface area contributed by atoms with Gasteiger partial charge in [0, 0.05) is 29.5 Å². The molecule has 0 radical (unpaired) electrons. The molecule has 1 saturated heterocycles. The molecule has 1 aliphatic heterocycles. The Kier molecular flexibility index (Phi) is 4.35. The molecule has 2 aliphatic rings. The summed E-state index contributed by atoms with van der Waals surface area (Å²) in [5, 5.41) is 0. The topological polar surface area (TPSA) is 55.2 Å². The fraction of sp³-hybridized carbons (Fsp3) is 0.562. The van der Waals surface area contributed by atoms with Crippen LogP contribution in [0.1, 0.15) is 43.5 Å². The number of benzene rings is 1. The van der Waals surface area contributed by atoms with E-state index >= 15 is 0 Å². The van der Waals surface area contributed by atoms with Gasteiger partial charge in [-0.1, -0.05) is 15.9 Å². The molecule has 0 bridgehead atoms. The third kappa shape index (κ3) is 3.05. The second kappa shape index (κ2) is 6.20. The summed E-state index contributed by atoms with van der Waals surface area (Å²) in [7, 11) is -5.25. The van der Waals surface area contributed by atoms with Crippen molar-refractivity contribution in [3.05, 3.63) is 28.5 Å². The molecule has 0 amide bonds. The molecule has 26 heavy (non-hydrogen) atoms. The number of halogens is 4. The first-order chi connectivity index (χ1) is 12.2. The molecule has 0 N–H and O–H groups in total. The van der Waals surface area contributed by atoms with Crippen molar-refractivity contribution in [3.63, 3.8) is 0 Å². The zero-order valence-corrected chi connectivity index (χ0v) is 16.1. The van der Waals surface area contributed by atoms with Gasteiger partial charge in [0.25, 0.3) is 0 Å². The van der Waals surface area contributed by atoms with Crippen molar-refractivity contribution in [2.45, 2.75) is 43.2 Å². The quantitative estimate of drug-likeness (QED) is 0.703. The van der Waals surface area contributed by atoms with E-state index in [0.717, 1.165) is 34.2 Å². The highest BCUT2D eigenvalue weighted by atomic mass is 79.9. The number of fused-ring (bicyclic) bond motifs is 1. The zero-order valence-electron chi connectivity index (χ0n) is 13.7. The van der Waals surface area contributed by atoms with Crippen LogP contribution < -0.4 is 0 Å². The van der Waals surface area contributed by atoms with E-state index in [4.69, 9.17) is 4.98 Å². The average molecular weight is 452 g/mol. The fourth-order valence-electron chi connectivity index (χ4n) is 3.59. The van der Waals surface area contributed by atoms with Crippen LogP contribution in [0.2, 0.25) is 0 Å². The van der Waals surface area contributed by atoms with Crippen molar-refractivity contribution in [3.8, 4) is 0 Å². The van der Waals surface area contributed by atoms with Crippen LogP contribution >= 0.6 is 15.9 Å². The van der Waals surface area contributed by atoms with Crippen molar-refractivity contribution >= 4 is 37.0 Å². The molecule has 2 fully saturated rings. The average Bonchev–Trinajstić information content (AvgIpc) is 3.35. The summed E-state index contributed by atoms with van der Waals surface area (Å²) in [6.07, 6.45) is 2.80. The van der Waals surface area contributed by atoms with Gasteiger partial charge in [0.2, 0.25) is 0 Å². The van der Waals surface area contributed by atoms with E-state index in [-0.39, 0.29) is 19.1 Å². The highest BCUT2D eigenvalue weighted by Gasteiger charge is 2.50. The molecular formula is C16H17BrF3N3O2S. The summed E-state index contributed by atoms with van der Waals surface area (Å²) in [6, 6.07) is 5.75. The number of sulfonamides is 1. The maximum absolute atomic E-state index is 12.8. The van der Waals surface area contributed by atoms with E-state index < -0.39 is 15.5 Å². The van der Waals surface area contributed by atoms with Crippen LogP contribution in [-0.4, -0.2) is 40.9 Å². The number of piperidine rings is 1. The summed E-state index contributed by atoms with van der Waals surface area (Å²) in [4.78, 5) is 4.73. The van der Waals surface area contributed by atoms with Crippen LogP contribution in [0.25, 0.3) is 11.0 Å². The minimum absolute atomic E-state index is 0.0513. The second-order valence-corrected chi connectivity index (χ2v) is 9.67. The van der Waals surface area contributed by atoms with E-state index in [0.29, 0.717) is 23.1 Å². The van der Waals surface area contributed by atoms with Gasteiger partial charge in [-0.15, -0.1) is 0 Å². The maximum atomic E-state index is 12.8. The predicted molar refractivity (Wildman–Crippen MR) is 94.2 cm³/mol. The largest absolute Gasteiger partial charge is 0.511 e. The molecule has 2 heterocycles. The number of hydrogen-bond donors (Lipinski definition) is 0. The lowest BCUT2D eigenvalue weighted by atomic mass is 10.1. The third-order valence-corrected chi connectivity index (χ3v) is 7.17. The van der Waals surface area contributed by atoms with Gasteiger partial charge in [-0.2, -0.15) is 17.5 Å². The number of imidazole rings is 1. The summed E-state index contributed by atoms with van der Waals surface area (Å²) < 4.78 is 65.1. The van der Waals surface area contributed by atoms with E-state index in [1.54, 1.807) is 0 Å². The van der Waals surface area contributed by atoms with E-state index in [1.165, 1.54) is 0 Å². The molecule has 5 nitrogen and oxygen atoms in total. The van der Waals surface area contributed by atoms with Gasteiger partial charge in [-0.25, -0.2) is 13.4 Å². The van der Waals surface area contributed by atoms with Gasteiger partial charge >= 0.3 is 15.5 Å². The van der Waals surface area contributed by atoms with Crippen molar-refractivity contribution in [1.29, 1.82) is 0 Å². The first-order valence-corrected chi connectivity index (χ1v) is 10.7. The monoisotopic (exact) mass is 451 g/mol. The fourth-order valence-corrected chi connectivity index (χ4v) is 4.92. The summed E-state index contributed by atoms with van der Waals surface area (Å²) in [5.41, 5.74) is -3.44. The Morgan fingerprint density at radius 2 is 1.77 bits per heavy atom. The standard InChI is InChI=1S/C16H17BrF3N3O2S/c17-11-3-4-13-14(9-11)23(15(21-13)10-1-2-10)12-5-7-22(8-6-12)26(24,25)16(18,19)20/h3-4,9-10,12H,1-2,5-8H2. The number of alkyl halides is 3.